The fourth-order valence-corrected chi connectivity index (χ4v) is 2.92. The number of alkyl halides is 2. The SMILES string of the molecule is O=c1[nH]c(=O)n(C2CCNCC2)c2ccc(OCC(F)F)cc12. The highest BCUT2D eigenvalue weighted by Gasteiger charge is 2.19. The summed E-state index contributed by atoms with van der Waals surface area (Å²) < 4.78 is 31.0. The van der Waals surface area contributed by atoms with Crippen molar-refractivity contribution in [1.82, 2.24) is 14.9 Å². The van der Waals surface area contributed by atoms with E-state index in [0.717, 1.165) is 25.9 Å². The van der Waals surface area contributed by atoms with Crippen LogP contribution in [0.3, 0.4) is 0 Å². The molecule has 2 aromatic rings. The minimum absolute atomic E-state index is 0.00377. The second-order valence-electron chi connectivity index (χ2n) is 5.49. The van der Waals surface area contributed by atoms with Crippen molar-refractivity contribution in [1.29, 1.82) is 0 Å². The number of halogens is 2. The lowest BCUT2D eigenvalue weighted by atomic mass is 10.1. The van der Waals surface area contributed by atoms with Crippen molar-refractivity contribution in [3.05, 3.63) is 39.0 Å². The molecule has 0 radical (unpaired) electrons. The first kappa shape index (κ1) is 15.7. The van der Waals surface area contributed by atoms with Gasteiger partial charge in [-0.1, -0.05) is 0 Å². The summed E-state index contributed by atoms with van der Waals surface area (Å²) in [6.45, 7) is 0.859. The number of nitrogens with one attached hydrogen (secondary N) is 2. The number of aromatic amines is 1. The van der Waals surface area contributed by atoms with E-state index in [9.17, 15) is 18.4 Å². The molecule has 0 bridgehead atoms. The molecule has 8 heteroatoms. The van der Waals surface area contributed by atoms with Gasteiger partial charge < -0.3 is 10.1 Å². The largest absolute Gasteiger partial charge is 0.488 e. The Kier molecular flexibility index (Phi) is 4.42. The molecule has 0 amide bonds. The predicted octanol–water partition coefficient (Wildman–Crippen LogP) is 1.26. The summed E-state index contributed by atoms with van der Waals surface area (Å²) in [6.07, 6.45) is -1.03. The van der Waals surface area contributed by atoms with E-state index < -0.39 is 24.3 Å². The first-order valence-electron chi connectivity index (χ1n) is 7.46. The molecule has 1 aliphatic rings. The van der Waals surface area contributed by atoms with Crippen LogP contribution >= 0.6 is 0 Å². The van der Waals surface area contributed by atoms with Crippen LogP contribution < -0.4 is 21.3 Å². The molecule has 6 nitrogen and oxygen atoms in total. The van der Waals surface area contributed by atoms with Crippen LogP contribution in [0.15, 0.2) is 27.8 Å². The van der Waals surface area contributed by atoms with E-state index in [1.54, 1.807) is 10.6 Å². The van der Waals surface area contributed by atoms with Gasteiger partial charge in [0.2, 0.25) is 0 Å². The van der Waals surface area contributed by atoms with Crippen molar-refractivity contribution in [2.75, 3.05) is 19.7 Å². The molecule has 2 heterocycles. The van der Waals surface area contributed by atoms with Gasteiger partial charge in [-0.25, -0.2) is 13.6 Å². The summed E-state index contributed by atoms with van der Waals surface area (Å²) in [6, 6.07) is 4.47. The zero-order valence-corrected chi connectivity index (χ0v) is 12.4. The lowest BCUT2D eigenvalue weighted by Crippen LogP contribution is -2.37. The highest BCUT2D eigenvalue weighted by atomic mass is 19.3. The van der Waals surface area contributed by atoms with E-state index in [-0.39, 0.29) is 17.2 Å². The Balaban J connectivity index is 2.06. The van der Waals surface area contributed by atoms with E-state index >= 15 is 0 Å². The van der Waals surface area contributed by atoms with Gasteiger partial charge in [-0.15, -0.1) is 0 Å². The molecular weight excluding hydrogens is 308 g/mol. The third-order valence-corrected chi connectivity index (χ3v) is 3.96. The second-order valence-corrected chi connectivity index (χ2v) is 5.49. The van der Waals surface area contributed by atoms with Gasteiger partial charge in [-0.2, -0.15) is 0 Å². The standard InChI is InChI=1S/C15H17F2N3O3/c16-13(17)8-23-10-1-2-12-11(7-10)14(21)19-15(22)20(12)9-3-5-18-6-4-9/h1-2,7,9,13,18H,3-6,8H2,(H,19,21,22). The summed E-state index contributed by atoms with van der Waals surface area (Å²) >= 11 is 0. The topological polar surface area (TPSA) is 76.1 Å². The highest BCUT2D eigenvalue weighted by Crippen LogP contribution is 2.23. The Bertz CT molecular complexity index is 810. The number of hydrogen-bond acceptors (Lipinski definition) is 4. The van der Waals surface area contributed by atoms with Gasteiger partial charge >= 0.3 is 5.69 Å². The number of ether oxygens (including phenoxy) is 1. The zero-order valence-electron chi connectivity index (χ0n) is 12.4. The normalized spacial score (nSPS) is 16.1. The van der Waals surface area contributed by atoms with Crippen LogP contribution in [0.4, 0.5) is 8.78 Å². The minimum atomic E-state index is -2.59. The van der Waals surface area contributed by atoms with Gasteiger partial charge in [0.25, 0.3) is 12.0 Å². The number of aromatic nitrogens is 2. The summed E-state index contributed by atoms with van der Waals surface area (Å²) in [4.78, 5) is 26.5. The average molecular weight is 325 g/mol. The molecule has 124 valence electrons. The first-order chi connectivity index (χ1) is 11.1. The number of fused-ring (bicyclic) bond motifs is 1. The third kappa shape index (κ3) is 3.26. The van der Waals surface area contributed by atoms with Gasteiger partial charge in [0.05, 0.1) is 10.9 Å². The Labute approximate surface area is 130 Å². The van der Waals surface area contributed by atoms with Crippen LogP contribution in [0, 0.1) is 0 Å². The second kappa shape index (κ2) is 6.49. The molecule has 0 spiro atoms. The Hall–Kier alpha value is -2.22. The van der Waals surface area contributed by atoms with Crippen LogP contribution in [0.2, 0.25) is 0 Å². The number of hydrogen-bond donors (Lipinski definition) is 2. The number of piperidine rings is 1. The van der Waals surface area contributed by atoms with Gasteiger partial charge in [0.1, 0.15) is 12.4 Å². The third-order valence-electron chi connectivity index (χ3n) is 3.96. The van der Waals surface area contributed by atoms with E-state index in [0.29, 0.717) is 5.52 Å². The maximum Gasteiger partial charge on any atom is 0.329 e. The molecule has 1 aliphatic heterocycles. The molecule has 0 unspecified atom stereocenters. The maximum absolute atomic E-state index is 12.2. The molecule has 2 N–H and O–H groups in total. The number of nitrogens with zero attached hydrogens (tertiary/aromatic N) is 1. The molecule has 0 aliphatic carbocycles. The number of rotatable bonds is 4. The lowest BCUT2D eigenvalue weighted by Gasteiger charge is -2.25. The van der Waals surface area contributed by atoms with E-state index in [2.05, 4.69) is 10.3 Å². The first-order valence-corrected chi connectivity index (χ1v) is 7.46. The van der Waals surface area contributed by atoms with Crippen molar-refractivity contribution in [3.63, 3.8) is 0 Å². The molecule has 1 aromatic heterocycles. The van der Waals surface area contributed by atoms with Gasteiger partial charge in [0, 0.05) is 6.04 Å². The van der Waals surface area contributed by atoms with Gasteiger partial charge in [0.15, 0.2) is 0 Å². The molecule has 0 atom stereocenters. The summed E-state index contributed by atoms with van der Waals surface area (Å²) in [5, 5.41) is 3.48. The van der Waals surface area contributed by atoms with Gasteiger partial charge in [-0.05, 0) is 44.1 Å². The molecule has 23 heavy (non-hydrogen) atoms. The van der Waals surface area contributed by atoms with Crippen molar-refractivity contribution >= 4 is 10.9 Å². The van der Waals surface area contributed by atoms with Crippen LogP contribution in [0.25, 0.3) is 10.9 Å². The van der Waals surface area contributed by atoms with Crippen molar-refractivity contribution < 1.29 is 13.5 Å². The molecular formula is C15H17F2N3O3. The molecule has 1 saturated heterocycles. The number of benzene rings is 1. The number of H-pyrrole nitrogens is 1. The smallest absolute Gasteiger partial charge is 0.329 e. The van der Waals surface area contributed by atoms with Crippen LogP contribution in [0.5, 0.6) is 5.75 Å². The fraction of sp³-hybridized carbons (Fsp3) is 0.467. The molecule has 0 saturated carbocycles. The molecule has 1 fully saturated rings. The molecule has 1 aromatic carbocycles. The highest BCUT2D eigenvalue weighted by molar-refractivity contribution is 5.79. The van der Waals surface area contributed by atoms with Crippen LogP contribution in [-0.2, 0) is 0 Å². The lowest BCUT2D eigenvalue weighted by molar-refractivity contribution is 0.0820. The van der Waals surface area contributed by atoms with Gasteiger partial charge in [-0.3, -0.25) is 14.3 Å². The fourth-order valence-electron chi connectivity index (χ4n) is 2.92. The van der Waals surface area contributed by atoms with E-state index in [4.69, 9.17) is 4.74 Å². The Morgan fingerprint density at radius 1 is 1.26 bits per heavy atom. The summed E-state index contributed by atoms with van der Waals surface area (Å²) in [7, 11) is 0. The Morgan fingerprint density at radius 3 is 2.70 bits per heavy atom. The summed E-state index contributed by atoms with van der Waals surface area (Å²) in [5.41, 5.74) is -0.497. The van der Waals surface area contributed by atoms with Crippen molar-refractivity contribution in [2.24, 2.45) is 0 Å². The van der Waals surface area contributed by atoms with Crippen molar-refractivity contribution in [2.45, 2.75) is 25.3 Å². The minimum Gasteiger partial charge on any atom is -0.488 e. The summed E-state index contributed by atoms with van der Waals surface area (Å²) in [5.74, 6) is 0.179. The zero-order chi connectivity index (χ0) is 16.4. The van der Waals surface area contributed by atoms with Crippen molar-refractivity contribution in [3.8, 4) is 5.75 Å². The van der Waals surface area contributed by atoms with E-state index in [1.165, 1.54) is 12.1 Å². The van der Waals surface area contributed by atoms with Crippen LogP contribution in [0.1, 0.15) is 18.9 Å². The monoisotopic (exact) mass is 325 g/mol. The average Bonchev–Trinajstić information content (AvgIpc) is 2.54. The Morgan fingerprint density at radius 2 is 2.00 bits per heavy atom. The van der Waals surface area contributed by atoms with E-state index in [1.807, 2.05) is 0 Å². The van der Waals surface area contributed by atoms with Crippen LogP contribution in [-0.4, -0.2) is 35.7 Å². The quantitative estimate of drug-likeness (QED) is 0.887. The molecule has 3 rings (SSSR count). The predicted molar refractivity (Wildman–Crippen MR) is 81.5 cm³/mol. The maximum atomic E-state index is 12.2.